The second kappa shape index (κ2) is 6.99. The van der Waals surface area contributed by atoms with E-state index in [0.29, 0.717) is 12.3 Å². The molecule has 0 saturated carbocycles. The van der Waals surface area contributed by atoms with E-state index in [1.165, 1.54) is 0 Å². The molecule has 19 heavy (non-hydrogen) atoms. The molecule has 0 aromatic carbocycles. The molecular formula is C14H28O5. The van der Waals surface area contributed by atoms with Crippen molar-refractivity contribution in [3.8, 4) is 0 Å². The molecule has 0 bridgehead atoms. The monoisotopic (exact) mass is 277 g/mol. The highest BCUT2D eigenvalue weighted by Gasteiger charge is 2.41. The zero-order valence-corrected chi connectivity index (χ0v) is 12.2. The van der Waals surface area contributed by atoms with Crippen LogP contribution in [0.15, 0.2) is 0 Å². The fourth-order valence-electron chi connectivity index (χ4n) is 2.08. The molecule has 0 amide bonds. The third-order valence-electron chi connectivity index (χ3n) is 3.90. The fourth-order valence-corrected chi connectivity index (χ4v) is 2.08. The molecule has 3 N–H and O–H groups in total. The SMILES string of the molecule is [2H]CC(O)C(O)C1OC(OC(C)C(C)C)CC(O)C1C. The van der Waals surface area contributed by atoms with E-state index in [0.717, 1.165) is 0 Å². The fraction of sp³-hybridized carbons (Fsp3) is 1.00. The number of hydrogen-bond acceptors (Lipinski definition) is 5. The lowest BCUT2D eigenvalue weighted by Gasteiger charge is -2.41. The smallest absolute Gasteiger partial charge is 0.160 e. The number of ether oxygens (including phenoxy) is 2. The average Bonchev–Trinajstić information content (AvgIpc) is 2.40. The Labute approximate surface area is 116 Å². The summed E-state index contributed by atoms with van der Waals surface area (Å²) in [6.45, 7) is 7.45. The van der Waals surface area contributed by atoms with E-state index in [1.54, 1.807) is 6.92 Å². The summed E-state index contributed by atoms with van der Waals surface area (Å²) in [4.78, 5) is 0. The summed E-state index contributed by atoms with van der Waals surface area (Å²) >= 11 is 0. The Bertz CT molecular complexity index is 289. The van der Waals surface area contributed by atoms with Gasteiger partial charge in [0.05, 0.1) is 24.4 Å². The number of hydrogen-bond donors (Lipinski definition) is 3. The third-order valence-corrected chi connectivity index (χ3v) is 3.90. The first-order valence-electron chi connectivity index (χ1n) is 7.63. The van der Waals surface area contributed by atoms with E-state index in [9.17, 15) is 15.3 Å². The molecule has 0 radical (unpaired) electrons. The van der Waals surface area contributed by atoms with Gasteiger partial charge in [0.15, 0.2) is 6.29 Å². The summed E-state index contributed by atoms with van der Waals surface area (Å²) in [6, 6.07) is 0. The van der Waals surface area contributed by atoms with Crippen LogP contribution in [0.5, 0.6) is 0 Å². The van der Waals surface area contributed by atoms with Gasteiger partial charge in [0.2, 0.25) is 0 Å². The maximum Gasteiger partial charge on any atom is 0.160 e. The Hall–Kier alpha value is -0.200. The predicted molar refractivity (Wildman–Crippen MR) is 71.5 cm³/mol. The summed E-state index contributed by atoms with van der Waals surface area (Å²) in [5.41, 5.74) is 0. The molecule has 5 nitrogen and oxygen atoms in total. The first-order chi connectivity index (χ1) is 9.27. The average molecular weight is 277 g/mol. The van der Waals surface area contributed by atoms with Gasteiger partial charge in [-0.2, -0.15) is 0 Å². The molecule has 7 unspecified atom stereocenters. The molecule has 1 heterocycles. The lowest BCUT2D eigenvalue weighted by Crippen LogP contribution is -2.52. The van der Waals surface area contributed by atoms with Crippen molar-refractivity contribution in [1.29, 1.82) is 0 Å². The summed E-state index contributed by atoms with van der Waals surface area (Å²) in [7, 11) is 0. The summed E-state index contributed by atoms with van der Waals surface area (Å²) in [5, 5.41) is 29.7. The van der Waals surface area contributed by atoms with Gasteiger partial charge < -0.3 is 24.8 Å². The van der Waals surface area contributed by atoms with Gasteiger partial charge >= 0.3 is 0 Å². The quantitative estimate of drug-likeness (QED) is 0.696. The largest absolute Gasteiger partial charge is 0.393 e. The van der Waals surface area contributed by atoms with Gasteiger partial charge in [0.1, 0.15) is 6.10 Å². The van der Waals surface area contributed by atoms with Crippen molar-refractivity contribution < 1.29 is 26.2 Å². The topological polar surface area (TPSA) is 79.2 Å². The minimum Gasteiger partial charge on any atom is -0.393 e. The van der Waals surface area contributed by atoms with Crippen LogP contribution < -0.4 is 0 Å². The Morgan fingerprint density at radius 1 is 1.32 bits per heavy atom. The normalized spacial score (nSPS) is 37.8. The Morgan fingerprint density at radius 2 is 1.95 bits per heavy atom. The van der Waals surface area contributed by atoms with Crippen molar-refractivity contribution in [3.63, 3.8) is 0 Å². The van der Waals surface area contributed by atoms with Crippen molar-refractivity contribution in [3.05, 3.63) is 0 Å². The first kappa shape index (κ1) is 15.2. The van der Waals surface area contributed by atoms with Crippen LogP contribution >= 0.6 is 0 Å². The summed E-state index contributed by atoms with van der Waals surface area (Å²) in [6.07, 6.45) is -4.06. The lowest BCUT2D eigenvalue weighted by molar-refractivity contribution is -0.274. The molecular weight excluding hydrogens is 248 g/mol. The molecule has 0 aromatic heterocycles. The van der Waals surface area contributed by atoms with Crippen LogP contribution in [0.4, 0.5) is 0 Å². The predicted octanol–water partition coefficient (Wildman–Crippen LogP) is 0.901. The molecule has 1 saturated heterocycles. The van der Waals surface area contributed by atoms with Crippen molar-refractivity contribution >= 4 is 0 Å². The Balaban J connectivity index is 2.69. The van der Waals surface area contributed by atoms with Gasteiger partial charge in [-0.15, -0.1) is 0 Å². The zero-order chi connectivity index (χ0) is 15.4. The molecule has 1 fully saturated rings. The van der Waals surface area contributed by atoms with Gasteiger partial charge in [-0.05, 0) is 19.7 Å². The van der Waals surface area contributed by atoms with Crippen LogP contribution in [-0.2, 0) is 9.47 Å². The minimum atomic E-state index is -1.20. The number of rotatable bonds is 5. The molecule has 1 aliphatic heterocycles. The van der Waals surface area contributed by atoms with E-state index in [4.69, 9.17) is 10.8 Å². The molecule has 1 rings (SSSR count). The van der Waals surface area contributed by atoms with Crippen LogP contribution in [0, 0.1) is 11.8 Å². The molecule has 1 aliphatic rings. The van der Waals surface area contributed by atoms with E-state index in [-0.39, 0.29) is 18.9 Å². The van der Waals surface area contributed by atoms with E-state index in [2.05, 4.69) is 0 Å². The maximum absolute atomic E-state index is 10.1. The van der Waals surface area contributed by atoms with Crippen LogP contribution in [0.3, 0.4) is 0 Å². The van der Waals surface area contributed by atoms with Gasteiger partial charge in [-0.1, -0.05) is 20.8 Å². The van der Waals surface area contributed by atoms with Gasteiger partial charge in [-0.25, -0.2) is 0 Å². The first-order valence-corrected chi connectivity index (χ1v) is 6.92. The molecule has 0 spiro atoms. The van der Waals surface area contributed by atoms with E-state index < -0.39 is 30.7 Å². The van der Waals surface area contributed by atoms with E-state index >= 15 is 0 Å². The minimum absolute atomic E-state index is 0.0282. The van der Waals surface area contributed by atoms with Crippen LogP contribution in [0.2, 0.25) is 0 Å². The zero-order valence-electron chi connectivity index (χ0n) is 13.2. The number of aliphatic hydroxyl groups is 3. The molecule has 0 aliphatic carbocycles. The highest BCUT2D eigenvalue weighted by Crippen LogP contribution is 2.30. The second-order valence-corrected chi connectivity index (χ2v) is 5.84. The van der Waals surface area contributed by atoms with E-state index in [1.807, 2.05) is 20.8 Å². The van der Waals surface area contributed by atoms with Crippen molar-refractivity contribution in [2.75, 3.05) is 0 Å². The van der Waals surface area contributed by atoms with Crippen LogP contribution in [0.1, 0.15) is 42.4 Å². The van der Waals surface area contributed by atoms with Crippen molar-refractivity contribution in [2.24, 2.45) is 11.8 Å². The summed E-state index contributed by atoms with van der Waals surface area (Å²) in [5.74, 6) is -0.00213. The van der Waals surface area contributed by atoms with Gasteiger partial charge in [0, 0.05) is 13.7 Å². The summed E-state index contributed by atoms with van der Waals surface area (Å²) < 4.78 is 18.6. The van der Waals surface area contributed by atoms with Crippen molar-refractivity contribution in [2.45, 2.75) is 77.8 Å². The van der Waals surface area contributed by atoms with Gasteiger partial charge in [0.25, 0.3) is 0 Å². The van der Waals surface area contributed by atoms with Gasteiger partial charge in [-0.3, -0.25) is 0 Å². The Morgan fingerprint density at radius 3 is 2.47 bits per heavy atom. The van der Waals surface area contributed by atoms with Crippen LogP contribution in [0.25, 0.3) is 0 Å². The molecule has 7 atom stereocenters. The molecule has 0 aromatic rings. The highest BCUT2D eigenvalue weighted by molar-refractivity contribution is 4.87. The second-order valence-electron chi connectivity index (χ2n) is 5.84. The van der Waals surface area contributed by atoms with Crippen LogP contribution in [-0.4, -0.2) is 52.1 Å². The Kier molecular flexibility index (Phi) is 5.59. The number of aliphatic hydroxyl groups excluding tert-OH is 3. The maximum atomic E-state index is 10.1. The molecule has 5 heteroatoms. The molecule has 114 valence electrons. The lowest BCUT2D eigenvalue weighted by atomic mass is 9.88. The standard InChI is InChI=1S/C14H28O5/c1-7(2)10(5)18-12-6-11(16)8(3)14(19-12)13(17)9(4)15/h7-17H,6H2,1-5H3/i4D. The highest BCUT2D eigenvalue weighted by atomic mass is 16.7. The third kappa shape index (κ3) is 4.39. The van der Waals surface area contributed by atoms with Crippen molar-refractivity contribution in [1.82, 2.24) is 0 Å².